The molecule has 9 heteroatoms. The second-order valence-corrected chi connectivity index (χ2v) is 16.3. The highest BCUT2D eigenvalue weighted by molar-refractivity contribution is 9.09. The lowest BCUT2D eigenvalue weighted by Gasteiger charge is -2.47. The van der Waals surface area contributed by atoms with Gasteiger partial charge in [-0.25, -0.2) is 0 Å². The number of hydrogen-bond acceptors (Lipinski definition) is 6. The molecule has 3 aliphatic rings. The number of fused-ring (bicyclic) bond motifs is 1. The van der Waals surface area contributed by atoms with Gasteiger partial charge in [-0.05, 0) is 44.4 Å². The second kappa shape index (κ2) is 12.5. The van der Waals surface area contributed by atoms with Crippen LogP contribution in [0.25, 0.3) is 0 Å². The van der Waals surface area contributed by atoms with Crippen molar-refractivity contribution in [3.8, 4) is 0 Å². The van der Waals surface area contributed by atoms with E-state index in [1.807, 2.05) is 18.7 Å². The van der Waals surface area contributed by atoms with Crippen molar-refractivity contribution in [1.82, 2.24) is 9.80 Å². The SMILES string of the molecule is C=CCCOC(=O)[C@H]1[C@@H]2SC3(CC2Br)C(C(=O)N(CC=C)C(C)(C)CC(C)(C)C)N([C@@H](CO)[C@@H](C)CC)C(=O)[C@H]13. The first-order valence-electron chi connectivity index (χ1n) is 14.6. The lowest BCUT2D eigenvalue weighted by molar-refractivity contribution is -0.154. The van der Waals surface area contributed by atoms with Crippen LogP contribution < -0.4 is 0 Å². The zero-order valence-corrected chi connectivity index (χ0v) is 27.7. The van der Waals surface area contributed by atoms with Crippen LogP contribution in [0.4, 0.5) is 0 Å². The largest absolute Gasteiger partial charge is 0.465 e. The fourth-order valence-electron chi connectivity index (χ4n) is 7.43. The molecule has 2 bridgehead atoms. The molecule has 1 spiro atoms. The molecule has 0 aliphatic carbocycles. The third-order valence-corrected chi connectivity index (χ3v) is 12.1. The molecule has 3 rings (SSSR count). The molecule has 40 heavy (non-hydrogen) atoms. The maximum Gasteiger partial charge on any atom is 0.310 e. The average molecular weight is 642 g/mol. The summed E-state index contributed by atoms with van der Waals surface area (Å²) in [6.07, 6.45) is 6.04. The Morgan fingerprint density at radius 2 is 1.93 bits per heavy atom. The van der Waals surface area contributed by atoms with E-state index in [4.69, 9.17) is 4.74 Å². The Bertz CT molecular complexity index is 997. The molecular formula is C31H49BrN2O5S. The van der Waals surface area contributed by atoms with Crippen molar-refractivity contribution >= 4 is 45.5 Å². The fraction of sp³-hybridized carbons (Fsp3) is 0.774. The number of esters is 1. The van der Waals surface area contributed by atoms with Gasteiger partial charge in [0.2, 0.25) is 11.8 Å². The maximum atomic E-state index is 14.9. The molecule has 0 aromatic carbocycles. The average Bonchev–Trinajstić information content (AvgIpc) is 3.44. The van der Waals surface area contributed by atoms with E-state index in [1.54, 1.807) is 28.8 Å². The van der Waals surface area contributed by atoms with Crippen molar-refractivity contribution in [2.45, 2.75) is 107 Å². The second-order valence-electron chi connectivity index (χ2n) is 13.6. The van der Waals surface area contributed by atoms with Crippen LogP contribution in [0.1, 0.15) is 74.1 Å². The van der Waals surface area contributed by atoms with Crippen LogP contribution in [-0.2, 0) is 19.1 Å². The Morgan fingerprint density at radius 1 is 1.27 bits per heavy atom. The van der Waals surface area contributed by atoms with Crippen LogP contribution in [0.15, 0.2) is 25.3 Å². The molecule has 226 valence electrons. The fourth-order valence-corrected chi connectivity index (χ4v) is 11.0. The molecule has 0 radical (unpaired) electrons. The minimum atomic E-state index is -0.809. The number of thioether (sulfide) groups is 1. The summed E-state index contributed by atoms with van der Waals surface area (Å²) in [5.41, 5.74) is -0.558. The number of rotatable bonds is 13. The molecule has 3 aliphatic heterocycles. The highest BCUT2D eigenvalue weighted by atomic mass is 79.9. The predicted molar refractivity (Wildman–Crippen MR) is 165 cm³/mol. The number of likely N-dealkylation sites (tertiary alicyclic amines) is 1. The van der Waals surface area contributed by atoms with Gasteiger partial charge in [-0.2, -0.15) is 0 Å². The van der Waals surface area contributed by atoms with Gasteiger partial charge in [0, 0.05) is 22.2 Å². The number of aliphatic hydroxyl groups is 1. The molecule has 1 N–H and O–H groups in total. The number of amides is 2. The first-order valence-corrected chi connectivity index (χ1v) is 16.4. The minimum Gasteiger partial charge on any atom is -0.465 e. The number of carbonyl (C=O) groups excluding carboxylic acids is 3. The van der Waals surface area contributed by atoms with E-state index in [-0.39, 0.29) is 46.4 Å². The monoisotopic (exact) mass is 640 g/mol. The van der Waals surface area contributed by atoms with Gasteiger partial charge in [0.05, 0.1) is 35.8 Å². The molecular weight excluding hydrogens is 592 g/mol. The van der Waals surface area contributed by atoms with Gasteiger partial charge in [0.15, 0.2) is 0 Å². The van der Waals surface area contributed by atoms with E-state index in [0.717, 1.165) is 12.8 Å². The van der Waals surface area contributed by atoms with Crippen LogP contribution in [0, 0.1) is 23.2 Å². The van der Waals surface area contributed by atoms with E-state index in [9.17, 15) is 19.5 Å². The number of alkyl halides is 1. The molecule has 7 nitrogen and oxygen atoms in total. The Kier molecular flexibility index (Phi) is 10.4. The number of halogens is 1. The Hall–Kier alpha value is -1.32. The normalized spacial score (nSPS) is 31.1. The van der Waals surface area contributed by atoms with E-state index >= 15 is 0 Å². The summed E-state index contributed by atoms with van der Waals surface area (Å²) in [7, 11) is 0. The lowest BCUT2D eigenvalue weighted by Crippen LogP contribution is -2.62. The first-order chi connectivity index (χ1) is 18.6. The molecule has 3 unspecified atom stereocenters. The van der Waals surface area contributed by atoms with Gasteiger partial charge >= 0.3 is 5.97 Å². The smallest absolute Gasteiger partial charge is 0.310 e. The van der Waals surface area contributed by atoms with Gasteiger partial charge in [-0.3, -0.25) is 14.4 Å². The van der Waals surface area contributed by atoms with Gasteiger partial charge in [0.1, 0.15) is 6.04 Å². The number of hydrogen-bond donors (Lipinski definition) is 1. The Labute approximate surface area is 253 Å². The first kappa shape index (κ1) is 33.2. The summed E-state index contributed by atoms with van der Waals surface area (Å²) >= 11 is 5.41. The van der Waals surface area contributed by atoms with Crippen molar-refractivity contribution in [1.29, 1.82) is 0 Å². The molecule has 3 saturated heterocycles. The molecule has 2 amide bonds. The summed E-state index contributed by atoms with van der Waals surface area (Å²) in [5, 5.41) is 10.4. The van der Waals surface area contributed by atoms with Crippen molar-refractivity contribution in [2.24, 2.45) is 23.2 Å². The third kappa shape index (κ3) is 5.94. The topological polar surface area (TPSA) is 87.2 Å². The van der Waals surface area contributed by atoms with E-state index in [0.29, 0.717) is 19.4 Å². The highest BCUT2D eigenvalue weighted by Gasteiger charge is 2.77. The quantitative estimate of drug-likeness (QED) is 0.129. The number of ether oxygens (including phenoxy) is 1. The van der Waals surface area contributed by atoms with Crippen molar-refractivity contribution in [3.05, 3.63) is 25.3 Å². The molecule has 3 heterocycles. The summed E-state index contributed by atoms with van der Waals surface area (Å²) in [6, 6.07) is -1.34. The summed E-state index contributed by atoms with van der Waals surface area (Å²) in [6.45, 7) is 22.6. The summed E-state index contributed by atoms with van der Waals surface area (Å²) < 4.78 is 4.83. The zero-order chi connectivity index (χ0) is 30.2. The van der Waals surface area contributed by atoms with Crippen molar-refractivity contribution in [2.75, 3.05) is 19.8 Å². The maximum absolute atomic E-state index is 14.9. The summed E-state index contributed by atoms with van der Waals surface area (Å²) in [5.74, 6) is -2.12. The lowest BCUT2D eigenvalue weighted by atomic mass is 9.70. The molecule has 0 aromatic heterocycles. The number of aliphatic hydroxyl groups excluding tert-OH is 1. The van der Waals surface area contributed by atoms with Crippen LogP contribution in [0.3, 0.4) is 0 Å². The van der Waals surface area contributed by atoms with Crippen LogP contribution in [-0.4, -0.2) is 84.9 Å². The summed E-state index contributed by atoms with van der Waals surface area (Å²) in [4.78, 5) is 46.4. The standard InChI is InChI=1S/C31H49BrN2O5S/c1-10-13-15-39-28(38)22-23-26(36)34(21(17-35)19(4)12-3)25(31(23)16-20(32)24(22)40-31)27(37)33(14-11-2)30(8,9)18-29(5,6)7/h10-11,19-25,35H,1-2,12-18H2,3-9H3/t19-,20?,21-,22+,23-,24+,25?,31?/m0/s1. The molecule has 0 saturated carbocycles. The highest BCUT2D eigenvalue weighted by Crippen LogP contribution is 2.68. The van der Waals surface area contributed by atoms with Crippen molar-refractivity contribution < 1.29 is 24.2 Å². The Morgan fingerprint density at radius 3 is 2.45 bits per heavy atom. The van der Waals surface area contributed by atoms with Crippen LogP contribution >= 0.6 is 27.7 Å². The molecule has 0 aromatic rings. The van der Waals surface area contributed by atoms with Gasteiger partial charge in [-0.1, -0.05) is 69.1 Å². The van der Waals surface area contributed by atoms with Gasteiger partial charge in [0.25, 0.3) is 0 Å². The number of nitrogens with zero attached hydrogens (tertiary/aromatic N) is 2. The van der Waals surface area contributed by atoms with Crippen LogP contribution in [0.5, 0.6) is 0 Å². The third-order valence-electron chi connectivity index (χ3n) is 8.92. The molecule has 8 atom stereocenters. The predicted octanol–water partition coefficient (Wildman–Crippen LogP) is 5.21. The van der Waals surface area contributed by atoms with Gasteiger partial charge < -0.3 is 19.6 Å². The number of carbonyl (C=O) groups is 3. The van der Waals surface area contributed by atoms with E-state index in [2.05, 4.69) is 63.7 Å². The van der Waals surface area contributed by atoms with Crippen molar-refractivity contribution in [3.63, 3.8) is 0 Å². The van der Waals surface area contributed by atoms with Crippen LogP contribution in [0.2, 0.25) is 0 Å². The molecule has 3 fully saturated rings. The minimum absolute atomic E-state index is 0.0325. The van der Waals surface area contributed by atoms with E-state index < -0.39 is 40.2 Å². The van der Waals surface area contributed by atoms with Gasteiger partial charge in [-0.15, -0.1) is 24.9 Å². The van der Waals surface area contributed by atoms with E-state index in [1.165, 1.54) is 0 Å². The zero-order valence-electron chi connectivity index (χ0n) is 25.3. The Balaban J connectivity index is 2.16.